The van der Waals surface area contributed by atoms with Crippen molar-refractivity contribution < 1.29 is 4.79 Å². The van der Waals surface area contributed by atoms with E-state index >= 15 is 0 Å². The summed E-state index contributed by atoms with van der Waals surface area (Å²) in [5, 5.41) is 3.64. The molecular formula is C11H13Br2NO. The fourth-order valence-corrected chi connectivity index (χ4v) is 1.98. The molecule has 82 valence electrons. The van der Waals surface area contributed by atoms with Crippen molar-refractivity contribution in [3.05, 3.63) is 33.8 Å². The highest BCUT2D eigenvalue weighted by Gasteiger charge is 2.11. The standard InChI is InChI=1S/C11H13Br2NO/c1-7-3-4-9(10(13)5-7)11(15)14-8(2)6-12/h3-5,8H,6H2,1-2H3,(H,14,15). The molecule has 0 aliphatic carbocycles. The van der Waals surface area contributed by atoms with Gasteiger partial charge in [0.05, 0.1) is 5.56 Å². The average molecular weight is 335 g/mol. The summed E-state index contributed by atoms with van der Waals surface area (Å²) in [5.41, 5.74) is 1.81. The zero-order valence-corrected chi connectivity index (χ0v) is 11.9. The topological polar surface area (TPSA) is 29.1 Å². The maximum atomic E-state index is 11.8. The molecule has 0 saturated heterocycles. The number of hydrogen-bond acceptors (Lipinski definition) is 1. The van der Waals surface area contributed by atoms with Gasteiger partial charge in [-0.15, -0.1) is 0 Å². The number of hydrogen-bond donors (Lipinski definition) is 1. The minimum absolute atomic E-state index is 0.0474. The lowest BCUT2D eigenvalue weighted by atomic mass is 10.1. The number of aryl methyl sites for hydroxylation is 1. The molecule has 0 aliphatic rings. The molecule has 1 rings (SSSR count). The van der Waals surface area contributed by atoms with Gasteiger partial charge in [0.25, 0.3) is 5.91 Å². The quantitative estimate of drug-likeness (QED) is 0.844. The van der Waals surface area contributed by atoms with Crippen LogP contribution in [0.5, 0.6) is 0 Å². The van der Waals surface area contributed by atoms with Crippen molar-refractivity contribution in [2.24, 2.45) is 0 Å². The van der Waals surface area contributed by atoms with Crippen molar-refractivity contribution in [2.75, 3.05) is 5.33 Å². The van der Waals surface area contributed by atoms with Crippen LogP contribution in [0.3, 0.4) is 0 Å². The van der Waals surface area contributed by atoms with Gasteiger partial charge in [-0.25, -0.2) is 0 Å². The average Bonchev–Trinajstić information content (AvgIpc) is 2.17. The lowest BCUT2D eigenvalue weighted by Crippen LogP contribution is -2.33. The lowest BCUT2D eigenvalue weighted by Gasteiger charge is -2.11. The van der Waals surface area contributed by atoms with Gasteiger partial charge in [0.2, 0.25) is 0 Å². The highest BCUT2D eigenvalue weighted by molar-refractivity contribution is 9.10. The van der Waals surface area contributed by atoms with E-state index in [4.69, 9.17) is 0 Å². The Hall–Kier alpha value is -0.350. The lowest BCUT2D eigenvalue weighted by molar-refractivity contribution is 0.0943. The van der Waals surface area contributed by atoms with Crippen LogP contribution in [-0.4, -0.2) is 17.3 Å². The van der Waals surface area contributed by atoms with E-state index in [1.165, 1.54) is 0 Å². The number of benzene rings is 1. The largest absolute Gasteiger partial charge is 0.349 e. The molecular weight excluding hydrogens is 322 g/mol. The molecule has 0 aliphatic heterocycles. The van der Waals surface area contributed by atoms with Crippen LogP contribution < -0.4 is 5.32 Å². The Labute approximate surface area is 107 Å². The van der Waals surface area contributed by atoms with Crippen molar-refractivity contribution in [1.29, 1.82) is 0 Å². The molecule has 0 aromatic heterocycles. The van der Waals surface area contributed by atoms with Gasteiger partial charge in [0.1, 0.15) is 0 Å². The molecule has 1 N–H and O–H groups in total. The first-order chi connectivity index (χ1) is 7.04. The van der Waals surface area contributed by atoms with Gasteiger partial charge in [-0.05, 0) is 47.5 Å². The van der Waals surface area contributed by atoms with E-state index in [1.807, 2.05) is 32.0 Å². The molecule has 15 heavy (non-hydrogen) atoms. The Morgan fingerprint density at radius 2 is 2.20 bits per heavy atom. The minimum Gasteiger partial charge on any atom is -0.349 e. The third kappa shape index (κ3) is 3.61. The first-order valence-corrected chi connectivity index (χ1v) is 6.59. The predicted molar refractivity (Wildman–Crippen MR) is 69.6 cm³/mol. The van der Waals surface area contributed by atoms with Gasteiger partial charge in [0.15, 0.2) is 0 Å². The summed E-state index contributed by atoms with van der Waals surface area (Å²) in [6.07, 6.45) is 0. The maximum absolute atomic E-state index is 11.8. The van der Waals surface area contributed by atoms with E-state index in [1.54, 1.807) is 0 Å². The van der Waals surface area contributed by atoms with Crippen molar-refractivity contribution in [3.8, 4) is 0 Å². The van der Waals surface area contributed by atoms with Gasteiger partial charge in [0, 0.05) is 15.8 Å². The van der Waals surface area contributed by atoms with Crippen molar-refractivity contribution in [1.82, 2.24) is 5.32 Å². The number of carbonyl (C=O) groups excluding carboxylic acids is 1. The zero-order valence-electron chi connectivity index (χ0n) is 8.68. The molecule has 0 bridgehead atoms. The van der Waals surface area contributed by atoms with Crippen molar-refractivity contribution in [2.45, 2.75) is 19.9 Å². The van der Waals surface area contributed by atoms with Crippen LogP contribution in [-0.2, 0) is 0 Å². The summed E-state index contributed by atoms with van der Waals surface area (Å²) in [6.45, 7) is 3.95. The Morgan fingerprint density at radius 1 is 1.53 bits per heavy atom. The number of halogens is 2. The molecule has 1 amide bonds. The molecule has 4 heteroatoms. The second-order valence-electron chi connectivity index (χ2n) is 3.51. The minimum atomic E-state index is -0.0474. The monoisotopic (exact) mass is 333 g/mol. The third-order valence-electron chi connectivity index (χ3n) is 1.98. The van der Waals surface area contributed by atoms with Crippen LogP contribution in [0.4, 0.5) is 0 Å². The summed E-state index contributed by atoms with van der Waals surface area (Å²) in [7, 11) is 0. The highest BCUT2D eigenvalue weighted by Crippen LogP contribution is 2.18. The number of nitrogens with one attached hydrogen (secondary N) is 1. The highest BCUT2D eigenvalue weighted by atomic mass is 79.9. The van der Waals surface area contributed by atoms with E-state index < -0.39 is 0 Å². The molecule has 2 nitrogen and oxygen atoms in total. The van der Waals surface area contributed by atoms with Crippen molar-refractivity contribution in [3.63, 3.8) is 0 Å². The summed E-state index contributed by atoms with van der Waals surface area (Å²) >= 11 is 6.71. The van der Waals surface area contributed by atoms with Crippen LogP contribution in [0.25, 0.3) is 0 Å². The maximum Gasteiger partial charge on any atom is 0.252 e. The number of carbonyl (C=O) groups is 1. The van der Waals surface area contributed by atoms with Gasteiger partial charge in [-0.2, -0.15) is 0 Å². The normalized spacial score (nSPS) is 12.3. The van der Waals surface area contributed by atoms with Crippen LogP contribution >= 0.6 is 31.9 Å². The zero-order chi connectivity index (χ0) is 11.4. The molecule has 1 aromatic carbocycles. The molecule has 1 atom stereocenters. The van der Waals surface area contributed by atoms with E-state index in [0.717, 1.165) is 15.4 Å². The number of rotatable bonds is 3. The third-order valence-corrected chi connectivity index (χ3v) is 3.61. The molecule has 0 heterocycles. The second-order valence-corrected chi connectivity index (χ2v) is 5.01. The number of alkyl halides is 1. The first-order valence-electron chi connectivity index (χ1n) is 4.67. The predicted octanol–water partition coefficient (Wildman–Crippen LogP) is 3.27. The van der Waals surface area contributed by atoms with E-state index in [0.29, 0.717) is 5.56 Å². The van der Waals surface area contributed by atoms with Gasteiger partial charge < -0.3 is 5.32 Å². The van der Waals surface area contributed by atoms with Gasteiger partial charge in [-0.1, -0.05) is 22.0 Å². The van der Waals surface area contributed by atoms with Crippen LogP contribution in [0, 0.1) is 6.92 Å². The van der Waals surface area contributed by atoms with Crippen LogP contribution in [0.15, 0.2) is 22.7 Å². The summed E-state index contributed by atoms with van der Waals surface area (Å²) < 4.78 is 0.835. The summed E-state index contributed by atoms with van der Waals surface area (Å²) in [4.78, 5) is 11.8. The Balaban J connectivity index is 2.82. The van der Waals surface area contributed by atoms with Gasteiger partial charge in [-0.3, -0.25) is 4.79 Å². The second kappa shape index (κ2) is 5.66. The van der Waals surface area contributed by atoms with E-state index in [2.05, 4.69) is 37.2 Å². The molecule has 1 unspecified atom stereocenters. The molecule has 0 fully saturated rings. The molecule has 1 aromatic rings. The van der Waals surface area contributed by atoms with Crippen LogP contribution in [0.1, 0.15) is 22.8 Å². The summed E-state index contributed by atoms with van der Waals surface area (Å²) in [5.74, 6) is -0.0474. The molecule has 0 spiro atoms. The summed E-state index contributed by atoms with van der Waals surface area (Å²) in [6, 6.07) is 5.83. The smallest absolute Gasteiger partial charge is 0.252 e. The SMILES string of the molecule is Cc1ccc(C(=O)NC(C)CBr)c(Br)c1. The fourth-order valence-electron chi connectivity index (χ4n) is 1.14. The van der Waals surface area contributed by atoms with Gasteiger partial charge >= 0.3 is 0 Å². The Morgan fingerprint density at radius 3 is 2.73 bits per heavy atom. The molecule has 0 saturated carbocycles. The fraction of sp³-hybridized carbons (Fsp3) is 0.364. The molecule has 0 radical (unpaired) electrons. The Bertz CT molecular complexity index is 366. The van der Waals surface area contributed by atoms with Crippen molar-refractivity contribution >= 4 is 37.8 Å². The van der Waals surface area contributed by atoms with E-state index in [9.17, 15) is 4.79 Å². The van der Waals surface area contributed by atoms with Crippen LogP contribution in [0.2, 0.25) is 0 Å². The van der Waals surface area contributed by atoms with E-state index in [-0.39, 0.29) is 11.9 Å². The Kier molecular flexibility index (Phi) is 4.80. The first kappa shape index (κ1) is 12.7. The number of amides is 1.